The third-order valence-electron chi connectivity index (χ3n) is 10.4. The lowest BCUT2D eigenvalue weighted by molar-refractivity contribution is -0.164. The van der Waals surface area contributed by atoms with Crippen molar-refractivity contribution in [2.75, 3.05) is 19.4 Å². The fraction of sp³-hybridized carbons (Fsp3) is 0.692. The lowest BCUT2D eigenvalue weighted by Gasteiger charge is -2.35. The van der Waals surface area contributed by atoms with E-state index in [2.05, 4.69) is 16.0 Å². The molecule has 4 amide bonds. The molecule has 3 heterocycles. The van der Waals surface area contributed by atoms with Gasteiger partial charge in [-0.25, -0.2) is 4.79 Å². The summed E-state index contributed by atoms with van der Waals surface area (Å²) in [4.78, 5) is 73.8. The summed E-state index contributed by atoms with van der Waals surface area (Å²) in [5.41, 5.74) is 0.389. The van der Waals surface area contributed by atoms with Crippen LogP contribution in [0.3, 0.4) is 0 Å². The van der Waals surface area contributed by atoms with Gasteiger partial charge in [0.05, 0.1) is 24.3 Å². The molecule has 14 heteroatoms. The average Bonchev–Trinajstić information content (AvgIpc) is 3.79. The Kier molecular flexibility index (Phi) is 14.8. The molecular weight excluding hydrogens is 699 g/mol. The molecule has 0 spiro atoms. The molecule has 4 rings (SSSR count). The molecule has 3 aliphatic heterocycles. The summed E-state index contributed by atoms with van der Waals surface area (Å²) in [6.45, 7) is 13.4. The number of aliphatic hydroxyl groups is 1. The van der Waals surface area contributed by atoms with Crippen molar-refractivity contribution in [3.05, 3.63) is 29.8 Å². The van der Waals surface area contributed by atoms with E-state index < -0.39 is 65.5 Å². The van der Waals surface area contributed by atoms with E-state index in [9.17, 15) is 29.1 Å². The minimum atomic E-state index is -1.03. The predicted molar refractivity (Wildman–Crippen MR) is 204 cm³/mol. The highest BCUT2D eigenvalue weighted by molar-refractivity contribution is 8.14. The predicted octanol–water partition coefficient (Wildman–Crippen LogP) is 3.40. The minimum Gasteiger partial charge on any atom is -0.497 e. The van der Waals surface area contributed by atoms with Gasteiger partial charge in [0.2, 0.25) is 23.6 Å². The summed E-state index contributed by atoms with van der Waals surface area (Å²) in [7, 11) is 1.56. The van der Waals surface area contributed by atoms with Crippen LogP contribution in [-0.4, -0.2) is 106 Å². The Bertz CT molecular complexity index is 1500. The van der Waals surface area contributed by atoms with Crippen LogP contribution in [0.5, 0.6) is 5.75 Å². The quantitative estimate of drug-likeness (QED) is 0.337. The third-order valence-corrected chi connectivity index (χ3v) is 11.8. The molecule has 13 nitrogen and oxygen atoms in total. The van der Waals surface area contributed by atoms with Gasteiger partial charge in [0.25, 0.3) is 0 Å². The van der Waals surface area contributed by atoms with E-state index in [1.807, 2.05) is 46.8 Å². The Morgan fingerprint density at radius 2 is 1.62 bits per heavy atom. The number of nitrogens with zero attached hydrogens (tertiary/aromatic N) is 2. The molecule has 0 aliphatic carbocycles. The molecule has 0 radical (unpaired) electrons. The summed E-state index contributed by atoms with van der Waals surface area (Å²) in [5.74, 6) is -1.19. The monoisotopic (exact) mass is 757 g/mol. The van der Waals surface area contributed by atoms with Crippen LogP contribution in [-0.2, 0) is 35.1 Å². The van der Waals surface area contributed by atoms with E-state index in [4.69, 9.17) is 14.5 Å². The largest absolute Gasteiger partial charge is 0.497 e. The van der Waals surface area contributed by atoms with E-state index in [0.29, 0.717) is 50.2 Å². The van der Waals surface area contributed by atoms with E-state index in [0.717, 1.165) is 10.6 Å². The molecule has 1 aromatic rings. The number of amides is 4. The van der Waals surface area contributed by atoms with Gasteiger partial charge in [0, 0.05) is 31.1 Å². The fourth-order valence-electron chi connectivity index (χ4n) is 6.95. The lowest BCUT2D eigenvalue weighted by Crippen LogP contribution is -2.56. The number of methoxy groups -OCH3 is 1. The number of ether oxygens (including phenoxy) is 2. The highest BCUT2D eigenvalue weighted by Gasteiger charge is 2.41. The average molecular weight is 758 g/mol. The smallest absolute Gasteiger partial charge is 0.329 e. The second-order valence-corrected chi connectivity index (χ2v) is 17.1. The summed E-state index contributed by atoms with van der Waals surface area (Å²) < 4.78 is 11.4. The van der Waals surface area contributed by atoms with Gasteiger partial charge in [-0.1, -0.05) is 46.8 Å². The molecule has 53 heavy (non-hydrogen) atoms. The molecule has 9 atom stereocenters. The van der Waals surface area contributed by atoms with Crippen LogP contribution in [0.1, 0.15) is 92.6 Å². The summed E-state index contributed by atoms with van der Waals surface area (Å²) in [6.07, 6.45) is 1.74. The maximum atomic E-state index is 13.7. The molecule has 0 unspecified atom stereocenters. The Morgan fingerprint density at radius 1 is 0.943 bits per heavy atom. The normalized spacial score (nSPS) is 31.9. The van der Waals surface area contributed by atoms with Gasteiger partial charge in [0.1, 0.15) is 36.0 Å². The van der Waals surface area contributed by atoms with Gasteiger partial charge in [-0.3, -0.25) is 24.2 Å². The standard InChI is InChI=1S/C39H59N5O8S/c1-22-18-31(45)23(2)36-42-27(21-53-36)13-16-33(46)43-29(20-26-11-14-28(51-8)15-12-26)35(48)40-24(3)34(47)41-25(4)37(49)44-17-9-10-30(44)38(50)52-32(19-22)39(5,6)7/h11-12,14-15,22-25,27,29-32,45H,9-10,13,16-21H2,1-8H3,(H,40,48)(H,41,47)(H,43,46)/t22-,23-,24-,25-,27-,29-,30-,31-,32-/m0/s1. The number of esters is 1. The van der Waals surface area contributed by atoms with Gasteiger partial charge in [-0.15, -0.1) is 11.8 Å². The highest BCUT2D eigenvalue weighted by atomic mass is 32.2. The van der Waals surface area contributed by atoms with E-state index in [1.165, 1.54) is 11.8 Å². The number of thioether (sulfide) groups is 1. The van der Waals surface area contributed by atoms with Gasteiger partial charge >= 0.3 is 5.97 Å². The van der Waals surface area contributed by atoms with Crippen molar-refractivity contribution in [2.24, 2.45) is 22.2 Å². The number of hydrogen-bond acceptors (Lipinski definition) is 10. The van der Waals surface area contributed by atoms with Crippen LogP contribution in [0.4, 0.5) is 0 Å². The van der Waals surface area contributed by atoms with E-state index in [1.54, 1.807) is 37.9 Å². The number of aliphatic hydroxyl groups excluding tert-OH is 1. The van der Waals surface area contributed by atoms with Crippen LogP contribution in [0.25, 0.3) is 0 Å². The summed E-state index contributed by atoms with van der Waals surface area (Å²) in [5, 5.41) is 20.4. The van der Waals surface area contributed by atoms with Crippen LogP contribution >= 0.6 is 11.8 Å². The second-order valence-electron chi connectivity index (χ2n) is 16.0. The molecular formula is C39H59N5O8S. The molecule has 1 fully saturated rings. The first kappa shape index (κ1) is 42.1. The van der Waals surface area contributed by atoms with Crippen molar-refractivity contribution in [3.63, 3.8) is 0 Å². The molecule has 0 aromatic heterocycles. The van der Waals surface area contributed by atoms with Crippen molar-refractivity contribution in [1.29, 1.82) is 0 Å². The van der Waals surface area contributed by atoms with Crippen molar-refractivity contribution in [2.45, 2.75) is 136 Å². The van der Waals surface area contributed by atoms with Gasteiger partial charge in [-0.05, 0) is 75.0 Å². The molecule has 3 aliphatic rings. The summed E-state index contributed by atoms with van der Waals surface area (Å²) in [6, 6.07) is 3.27. The van der Waals surface area contributed by atoms with Gasteiger partial charge < -0.3 is 35.4 Å². The van der Waals surface area contributed by atoms with Crippen LogP contribution in [0.15, 0.2) is 29.3 Å². The molecule has 1 saturated heterocycles. The van der Waals surface area contributed by atoms with Crippen LogP contribution in [0.2, 0.25) is 0 Å². The number of aliphatic imine (C=N–C) groups is 1. The first-order chi connectivity index (χ1) is 25.0. The fourth-order valence-corrected chi connectivity index (χ4v) is 8.20. The van der Waals surface area contributed by atoms with Crippen molar-refractivity contribution in [3.8, 4) is 5.75 Å². The SMILES string of the molecule is COc1ccc(C[C@@H]2NC(=O)CC[C@H]3CSC(=N3)[C@@H](C)[C@@H](O)C[C@H](C)C[C@@H](C(C)(C)C)OC(=O)[C@@H]3CCCN3C(=O)[C@H](C)NC(=O)[C@H](C)NC2=O)cc1. The molecule has 2 bridgehead atoms. The number of rotatable bonds is 3. The maximum Gasteiger partial charge on any atom is 0.329 e. The third kappa shape index (κ3) is 11.7. The zero-order chi connectivity index (χ0) is 39.0. The minimum absolute atomic E-state index is 0.0196. The van der Waals surface area contributed by atoms with Gasteiger partial charge in [0.15, 0.2) is 0 Å². The zero-order valence-electron chi connectivity index (χ0n) is 32.5. The van der Waals surface area contributed by atoms with Crippen molar-refractivity contribution >= 4 is 46.4 Å². The molecule has 4 N–H and O–H groups in total. The first-order valence-electron chi connectivity index (χ1n) is 18.9. The Labute approximate surface area is 318 Å². The Balaban J connectivity index is 1.57. The Morgan fingerprint density at radius 3 is 2.28 bits per heavy atom. The molecule has 0 saturated carbocycles. The highest BCUT2D eigenvalue weighted by Crippen LogP contribution is 2.33. The number of benzene rings is 1. The maximum absolute atomic E-state index is 13.7. The summed E-state index contributed by atoms with van der Waals surface area (Å²) >= 11 is 1.59. The number of carbonyl (C=O) groups excluding carboxylic acids is 5. The van der Waals surface area contributed by atoms with Crippen molar-refractivity contribution in [1.82, 2.24) is 20.9 Å². The van der Waals surface area contributed by atoms with Crippen molar-refractivity contribution < 1.29 is 38.6 Å². The zero-order valence-corrected chi connectivity index (χ0v) is 33.3. The molecule has 294 valence electrons. The first-order valence-corrected chi connectivity index (χ1v) is 19.9. The number of hydrogen-bond donors (Lipinski definition) is 4. The van der Waals surface area contributed by atoms with E-state index in [-0.39, 0.29) is 36.6 Å². The Hall–Kier alpha value is -3.65. The molecule has 1 aromatic carbocycles. The van der Waals surface area contributed by atoms with E-state index >= 15 is 0 Å². The lowest BCUT2D eigenvalue weighted by atomic mass is 9.81. The number of nitrogens with one attached hydrogen (secondary N) is 3. The number of carbonyl (C=O) groups is 5. The van der Waals surface area contributed by atoms with Crippen LogP contribution in [0, 0.1) is 17.3 Å². The second kappa shape index (κ2) is 18.6. The number of cyclic esters (lactones) is 1. The van der Waals surface area contributed by atoms with Crippen LogP contribution < -0.4 is 20.7 Å². The van der Waals surface area contributed by atoms with Gasteiger partial charge in [-0.2, -0.15) is 0 Å². The topological polar surface area (TPSA) is 176 Å². The number of fused-ring (bicyclic) bond motifs is 2.